The van der Waals surface area contributed by atoms with Gasteiger partial charge in [0.05, 0.1) is 22.4 Å². The Kier molecular flexibility index (Phi) is 4.40. The van der Waals surface area contributed by atoms with Gasteiger partial charge in [-0.3, -0.25) is 4.98 Å². The SMILES string of the molecule is COc1ccc2c(OCc3ccc([S@](C)(=N)=O)cc3)ccnc2c1. The largest absolute Gasteiger partial charge is 0.497 e. The van der Waals surface area contributed by atoms with Gasteiger partial charge in [-0.15, -0.1) is 0 Å². The molecule has 3 aromatic rings. The summed E-state index contributed by atoms with van der Waals surface area (Å²) in [4.78, 5) is 4.85. The Hall–Kier alpha value is -2.60. The monoisotopic (exact) mass is 342 g/mol. The van der Waals surface area contributed by atoms with Gasteiger partial charge in [0.25, 0.3) is 0 Å². The zero-order chi connectivity index (χ0) is 17.2. The topological polar surface area (TPSA) is 72.3 Å². The van der Waals surface area contributed by atoms with Gasteiger partial charge in [0, 0.05) is 28.8 Å². The van der Waals surface area contributed by atoms with Crippen molar-refractivity contribution in [2.75, 3.05) is 13.4 Å². The number of rotatable bonds is 5. The van der Waals surface area contributed by atoms with Gasteiger partial charge in [-0.1, -0.05) is 12.1 Å². The average molecular weight is 342 g/mol. The predicted octanol–water partition coefficient (Wildman–Crippen LogP) is 3.86. The number of fused-ring (bicyclic) bond motifs is 1. The first-order chi connectivity index (χ1) is 11.5. The number of benzene rings is 2. The van der Waals surface area contributed by atoms with Gasteiger partial charge >= 0.3 is 0 Å². The van der Waals surface area contributed by atoms with Gasteiger partial charge in [-0.05, 0) is 35.9 Å². The molecule has 1 N–H and O–H groups in total. The number of methoxy groups -OCH3 is 1. The summed E-state index contributed by atoms with van der Waals surface area (Å²) in [5.74, 6) is 1.49. The first-order valence-corrected chi connectivity index (χ1v) is 9.32. The Labute approximate surface area is 141 Å². The molecule has 1 aromatic heterocycles. The fourth-order valence-electron chi connectivity index (χ4n) is 2.36. The van der Waals surface area contributed by atoms with E-state index in [9.17, 15) is 4.21 Å². The zero-order valence-corrected chi connectivity index (χ0v) is 14.3. The molecule has 5 nitrogen and oxygen atoms in total. The molecule has 0 spiro atoms. The molecule has 6 heteroatoms. The van der Waals surface area contributed by atoms with Crippen LogP contribution in [0.2, 0.25) is 0 Å². The molecule has 24 heavy (non-hydrogen) atoms. The molecule has 1 heterocycles. The van der Waals surface area contributed by atoms with E-state index in [1.807, 2.05) is 36.4 Å². The van der Waals surface area contributed by atoms with Crippen LogP contribution in [0.4, 0.5) is 0 Å². The van der Waals surface area contributed by atoms with Crippen molar-refractivity contribution >= 4 is 20.6 Å². The number of aromatic nitrogens is 1. The van der Waals surface area contributed by atoms with Gasteiger partial charge in [0.15, 0.2) is 0 Å². The van der Waals surface area contributed by atoms with Crippen LogP contribution in [0, 0.1) is 4.78 Å². The second kappa shape index (κ2) is 6.49. The first-order valence-electron chi connectivity index (χ1n) is 7.36. The smallest absolute Gasteiger partial charge is 0.130 e. The average Bonchev–Trinajstić information content (AvgIpc) is 2.59. The van der Waals surface area contributed by atoms with Crippen LogP contribution in [0.3, 0.4) is 0 Å². The summed E-state index contributed by atoms with van der Waals surface area (Å²) < 4.78 is 30.4. The van der Waals surface area contributed by atoms with E-state index in [2.05, 4.69) is 4.98 Å². The molecule has 0 saturated heterocycles. The van der Waals surface area contributed by atoms with E-state index >= 15 is 0 Å². The second-order valence-corrected chi connectivity index (χ2v) is 7.63. The van der Waals surface area contributed by atoms with E-state index in [0.29, 0.717) is 11.5 Å². The molecule has 0 radical (unpaired) electrons. The standard InChI is InChI=1S/C18H18N2O3S/c1-22-14-5-8-16-17(11-14)20-10-9-18(16)23-12-13-3-6-15(7-4-13)24(2,19)21/h3-11,19H,12H2,1-2H3/t24-/m1/s1. The summed E-state index contributed by atoms with van der Waals surface area (Å²) in [5.41, 5.74) is 1.75. The minimum atomic E-state index is -2.68. The van der Waals surface area contributed by atoms with Crippen LogP contribution in [0.25, 0.3) is 10.9 Å². The summed E-state index contributed by atoms with van der Waals surface area (Å²) in [7, 11) is -1.06. The lowest BCUT2D eigenvalue weighted by atomic mass is 10.2. The fourth-order valence-corrected chi connectivity index (χ4v) is 3.02. The molecule has 2 aromatic carbocycles. The maximum absolute atomic E-state index is 11.7. The fraction of sp³-hybridized carbons (Fsp3) is 0.167. The minimum absolute atomic E-state index is 0.383. The highest BCUT2D eigenvalue weighted by molar-refractivity contribution is 7.91. The first kappa shape index (κ1) is 16.3. The third-order valence-electron chi connectivity index (χ3n) is 3.68. The third kappa shape index (κ3) is 3.49. The quantitative estimate of drug-likeness (QED) is 0.764. The maximum Gasteiger partial charge on any atom is 0.130 e. The maximum atomic E-state index is 11.7. The van der Waals surface area contributed by atoms with Crippen LogP contribution in [0.15, 0.2) is 59.6 Å². The van der Waals surface area contributed by atoms with Crippen molar-refractivity contribution in [2.24, 2.45) is 0 Å². The van der Waals surface area contributed by atoms with Crippen LogP contribution in [-0.4, -0.2) is 22.6 Å². The molecule has 0 aliphatic carbocycles. The molecule has 0 aliphatic rings. The number of nitrogens with one attached hydrogen (secondary N) is 1. The van der Waals surface area contributed by atoms with Crippen LogP contribution >= 0.6 is 0 Å². The second-order valence-electron chi connectivity index (χ2n) is 5.47. The van der Waals surface area contributed by atoms with E-state index in [1.165, 1.54) is 6.26 Å². The Bertz CT molecular complexity index is 967. The molecule has 124 valence electrons. The molecule has 0 fully saturated rings. The molecular weight excluding hydrogens is 324 g/mol. The molecule has 0 bridgehead atoms. The van der Waals surface area contributed by atoms with Crippen molar-refractivity contribution in [3.8, 4) is 11.5 Å². The summed E-state index contributed by atoms with van der Waals surface area (Å²) in [6, 6.07) is 14.6. The van der Waals surface area contributed by atoms with Crippen molar-refractivity contribution in [2.45, 2.75) is 11.5 Å². The molecular formula is C18H18N2O3S. The Morgan fingerprint density at radius 3 is 2.54 bits per heavy atom. The van der Waals surface area contributed by atoms with E-state index in [4.69, 9.17) is 14.3 Å². The van der Waals surface area contributed by atoms with Crippen molar-refractivity contribution in [1.29, 1.82) is 4.78 Å². The highest BCUT2D eigenvalue weighted by atomic mass is 32.2. The molecule has 1 atom stereocenters. The lowest BCUT2D eigenvalue weighted by molar-refractivity contribution is 0.309. The lowest BCUT2D eigenvalue weighted by Crippen LogP contribution is -1.99. The Balaban J connectivity index is 1.81. The van der Waals surface area contributed by atoms with Gasteiger partial charge in [0.1, 0.15) is 18.1 Å². The highest BCUT2D eigenvalue weighted by Gasteiger charge is 2.06. The van der Waals surface area contributed by atoms with Crippen molar-refractivity contribution in [3.05, 3.63) is 60.3 Å². The van der Waals surface area contributed by atoms with Gasteiger partial charge in [-0.2, -0.15) is 0 Å². The Morgan fingerprint density at radius 2 is 1.88 bits per heavy atom. The third-order valence-corrected chi connectivity index (χ3v) is 4.85. The number of hydrogen-bond acceptors (Lipinski definition) is 5. The van der Waals surface area contributed by atoms with Crippen LogP contribution < -0.4 is 9.47 Å². The summed E-state index contributed by atoms with van der Waals surface area (Å²) in [6.07, 6.45) is 3.11. The van der Waals surface area contributed by atoms with E-state index in [1.54, 1.807) is 25.4 Å². The van der Waals surface area contributed by atoms with Crippen molar-refractivity contribution in [3.63, 3.8) is 0 Å². The zero-order valence-electron chi connectivity index (χ0n) is 13.5. The van der Waals surface area contributed by atoms with Gasteiger partial charge in [-0.25, -0.2) is 8.99 Å². The predicted molar refractivity (Wildman–Crippen MR) is 94.1 cm³/mol. The van der Waals surface area contributed by atoms with E-state index < -0.39 is 9.73 Å². The van der Waals surface area contributed by atoms with Crippen molar-refractivity contribution < 1.29 is 13.7 Å². The lowest BCUT2D eigenvalue weighted by Gasteiger charge is -2.10. The highest BCUT2D eigenvalue weighted by Crippen LogP contribution is 2.27. The summed E-state index contributed by atoms with van der Waals surface area (Å²) in [5, 5.41) is 0.914. The van der Waals surface area contributed by atoms with E-state index in [-0.39, 0.29) is 0 Å². The van der Waals surface area contributed by atoms with Crippen LogP contribution in [0.5, 0.6) is 11.5 Å². The Morgan fingerprint density at radius 1 is 1.12 bits per heavy atom. The molecule has 0 amide bonds. The van der Waals surface area contributed by atoms with Gasteiger partial charge < -0.3 is 9.47 Å². The van der Waals surface area contributed by atoms with Crippen LogP contribution in [-0.2, 0) is 16.3 Å². The molecule has 0 saturated carbocycles. The summed E-state index contributed by atoms with van der Waals surface area (Å²) >= 11 is 0. The molecule has 0 aliphatic heterocycles. The number of hydrogen-bond donors (Lipinski definition) is 1. The van der Waals surface area contributed by atoms with E-state index in [0.717, 1.165) is 28.0 Å². The number of ether oxygens (including phenoxy) is 2. The summed E-state index contributed by atoms with van der Waals surface area (Å²) in [6.45, 7) is 0.383. The number of nitrogens with zero attached hydrogens (tertiary/aromatic N) is 1. The molecule has 3 rings (SSSR count). The number of pyridine rings is 1. The van der Waals surface area contributed by atoms with Crippen LogP contribution in [0.1, 0.15) is 5.56 Å². The molecule has 0 unspecified atom stereocenters. The van der Waals surface area contributed by atoms with Gasteiger partial charge in [0.2, 0.25) is 0 Å². The normalized spacial score (nSPS) is 13.4. The minimum Gasteiger partial charge on any atom is -0.497 e. The van der Waals surface area contributed by atoms with Crippen molar-refractivity contribution in [1.82, 2.24) is 4.98 Å².